The van der Waals surface area contributed by atoms with Gasteiger partial charge in [-0.15, -0.1) is 0 Å². The number of thiazole rings is 1. The first-order valence-corrected chi connectivity index (χ1v) is 6.09. The maximum Gasteiger partial charge on any atom is 0.347 e. The number of hydrogen-bond donors (Lipinski definition) is 1. The van der Waals surface area contributed by atoms with Crippen LogP contribution in [0.15, 0.2) is 0 Å². The van der Waals surface area contributed by atoms with E-state index in [0.29, 0.717) is 22.0 Å². The predicted octanol–water partition coefficient (Wildman–Crippen LogP) is 1.41. The molecule has 2 aromatic heterocycles. The summed E-state index contributed by atoms with van der Waals surface area (Å²) >= 11 is 1.08. The number of aromatic nitrogens is 2. The maximum atomic E-state index is 12.1. The Labute approximate surface area is 107 Å². The van der Waals surface area contributed by atoms with Crippen LogP contribution in [0.5, 0.6) is 0 Å². The van der Waals surface area contributed by atoms with Crippen LogP contribution in [-0.4, -0.2) is 45.4 Å². The van der Waals surface area contributed by atoms with Gasteiger partial charge in [0.1, 0.15) is 10.6 Å². The van der Waals surface area contributed by atoms with Crippen LogP contribution in [0.25, 0.3) is 4.96 Å². The van der Waals surface area contributed by atoms with E-state index >= 15 is 0 Å². The lowest BCUT2D eigenvalue weighted by atomic mass is 10.3. The summed E-state index contributed by atoms with van der Waals surface area (Å²) in [4.78, 5) is 29.6. The molecule has 2 rings (SSSR count). The van der Waals surface area contributed by atoms with Gasteiger partial charge in [-0.3, -0.25) is 9.20 Å². The first-order chi connectivity index (χ1) is 8.34. The highest BCUT2D eigenvalue weighted by Crippen LogP contribution is 2.26. The number of fused-ring (bicyclic) bond motifs is 1. The first-order valence-electron chi connectivity index (χ1n) is 5.28. The summed E-state index contributed by atoms with van der Waals surface area (Å²) in [5, 5.41) is 9.07. The third-order valence-electron chi connectivity index (χ3n) is 2.68. The van der Waals surface area contributed by atoms with E-state index in [9.17, 15) is 9.59 Å². The van der Waals surface area contributed by atoms with E-state index in [1.165, 1.54) is 4.90 Å². The summed E-state index contributed by atoms with van der Waals surface area (Å²) in [6.07, 6.45) is 0. The van der Waals surface area contributed by atoms with Crippen molar-refractivity contribution in [2.75, 3.05) is 14.1 Å². The monoisotopic (exact) mass is 267 g/mol. The number of nitrogens with zero attached hydrogens (tertiary/aromatic N) is 3. The van der Waals surface area contributed by atoms with Gasteiger partial charge in [-0.25, -0.2) is 9.78 Å². The average molecular weight is 267 g/mol. The number of amides is 1. The highest BCUT2D eigenvalue weighted by Gasteiger charge is 2.24. The number of aryl methyl sites for hydroxylation is 2. The number of hydrogen-bond acceptors (Lipinski definition) is 4. The van der Waals surface area contributed by atoms with Gasteiger partial charge in [-0.2, -0.15) is 0 Å². The zero-order valence-electron chi connectivity index (χ0n) is 10.5. The Hall–Kier alpha value is -1.89. The van der Waals surface area contributed by atoms with Crippen LogP contribution in [0, 0.1) is 13.8 Å². The molecule has 96 valence electrons. The third-order valence-corrected chi connectivity index (χ3v) is 3.81. The van der Waals surface area contributed by atoms with Crippen LogP contribution in [0.2, 0.25) is 0 Å². The number of aromatic carboxylic acids is 1. The van der Waals surface area contributed by atoms with Crippen LogP contribution < -0.4 is 0 Å². The van der Waals surface area contributed by atoms with Crippen molar-refractivity contribution in [1.29, 1.82) is 0 Å². The summed E-state index contributed by atoms with van der Waals surface area (Å²) < 4.78 is 1.62. The molecule has 1 amide bonds. The molecule has 0 bridgehead atoms. The predicted molar refractivity (Wildman–Crippen MR) is 67.5 cm³/mol. The Balaban J connectivity index is 2.77. The van der Waals surface area contributed by atoms with Crippen molar-refractivity contribution >= 4 is 28.2 Å². The number of rotatable bonds is 2. The fourth-order valence-corrected chi connectivity index (χ4v) is 2.82. The van der Waals surface area contributed by atoms with Crippen molar-refractivity contribution in [3.63, 3.8) is 0 Å². The summed E-state index contributed by atoms with van der Waals surface area (Å²) in [6.45, 7) is 3.43. The Bertz CT molecular complexity index is 654. The maximum absolute atomic E-state index is 12.1. The van der Waals surface area contributed by atoms with E-state index < -0.39 is 5.97 Å². The van der Waals surface area contributed by atoms with Gasteiger partial charge in [0.05, 0.1) is 5.69 Å². The summed E-state index contributed by atoms with van der Waals surface area (Å²) in [5.41, 5.74) is 1.57. The van der Waals surface area contributed by atoms with Gasteiger partial charge in [-0.05, 0) is 13.8 Å². The molecule has 0 radical (unpaired) electrons. The zero-order chi connectivity index (χ0) is 13.6. The second kappa shape index (κ2) is 4.09. The van der Waals surface area contributed by atoms with E-state index in [-0.39, 0.29) is 10.8 Å². The molecule has 18 heavy (non-hydrogen) atoms. The van der Waals surface area contributed by atoms with Gasteiger partial charge < -0.3 is 10.0 Å². The number of carbonyl (C=O) groups is 2. The largest absolute Gasteiger partial charge is 0.477 e. The van der Waals surface area contributed by atoms with Gasteiger partial charge in [0.2, 0.25) is 0 Å². The van der Waals surface area contributed by atoms with Crippen LogP contribution in [-0.2, 0) is 0 Å². The number of carbonyl (C=O) groups excluding carboxylic acids is 1. The Morgan fingerprint density at radius 2 is 1.94 bits per heavy atom. The van der Waals surface area contributed by atoms with Crippen LogP contribution in [0.4, 0.5) is 0 Å². The fraction of sp³-hybridized carbons (Fsp3) is 0.364. The SMILES string of the molecule is Cc1nc2sc(C(=O)O)c(C)n2c1C(=O)N(C)C. The van der Waals surface area contributed by atoms with Crippen molar-refractivity contribution in [3.8, 4) is 0 Å². The van der Waals surface area contributed by atoms with Crippen molar-refractivity contribution in [1.82, 2.24) is 14.3 Å². The Kier molecular flexibility index (Phi) is 2.86. The molecular formula is C11H13N3O3S. The molecule has 0 aromatic carbocycles. The Morgan fingerprint density at radius 1 is 1.33 bits per heavy atom. The van der Waals surface area contributed by atoms with Crippen LogP contribution >= 0.6 is 11.3 Å². The summed E-state index contributed by atoms with van der Waals surface area (Å²) in [7, 11) is 3.31. The van der Waals surface area contributed by atoms with Crippen molar-refractivity contribution in [2.45, 2.75) is 13.8 Å². The summed E-state index contributed by atoms with van der Waals surface area (Å²) in [5.74, 6) is -1.18. The molecule has 1 N–H and O–H groups in total. The van der Waals surface area contributed by atoms with Crippen molar-refractivity contribution in [2.24, 2.45) is 0 Å². The Morgan fingerprint density at radius 3 is 2.44 bits per heavy atom. The van der Waals surface area contributed by atoms with E-state index in [0.717, 1.165) is 11.3 Å². The van der Waals surface area contributed by atoms with E-state index in [1.54, 1.807) is 32.3 Å². The molecule has 2 aromatic rings. The van der Waals surface area contributed by atoms with Gasteiger partial charge in [-0.1, -0.05) is 11.3 Å². The molecule has 6 nitrogen and oxygen atoms in total. The number of carboxylic acids is 1. The van der Waals surface area contributed by atoms with Gasteiger partial charge in [0.15, 0.2) is 4.96 Å². The number of carboxylic acid groups (broad SMARTS) is 1. The lowest BCUT2D eigenvalue weighted by Gasteiger charge is -2.10. The molecule has 0 saturated heterocycles. The molecule has 7 heteroatoms. The molecule has 0 fully saturated rings. The lowest BCUT2D eigenvalue weighted by Crippen LogP contribution is -2.24. The molecule has 0 aliphatic heterocycles. The standard InChI is InChI=1S/C11H13N3O3S/c1-5-7(9(15)13(3)4)14-6(2)8(10(16)17)18-11(14)12-5/h1-4H3,(H,16,17). The summed E-state index contributed by atoms with van der Waals surface area (Å²) in [6, 6.07) is 0. The third kappa shape index (κ3) is 1.67. The minimum atomic E-state index is -0.996. The fourth-order valence-electron chi connectivity index (χ4n) is 1.81. The van der Waals surface area contributed by atoms with Crippen LogP contribution in [0.3, 0.4) is 0 Å². The second-order valence-electron chi connectivity index (χ2n) is 4.19. The lowest BCUT2D eigenvalue weighted by molar-refractivity contribution is 0.0699. The molecule has 0 saturated carbocycles. The van der Waals surface area contributed by atoms with Crippen molar-refractivity contribution < 1.29 is 14.7 Å². The smallest absolute Gasteiger partial charge is 0.347 e. The first kappa shape index (κ1) is 12.6. The van der Waals surface area contributed by atoms with E-state index in [2.05, 4.69) is 4.98 Å². The molecule has 0 aliphatic carbocycles. The van der Waals surface area contributed by atoms with Gasteiger partial charge >= 0.3 is 5.97 Å². The minimum absolute atomic E-state index is 0.183. The van der Waals surface area contributed by atoms with Gasteiger partial charge in [0.25, 0.3) is 5.91 Å². The number of imidazole rings is 1. The second-order valence-corrected chi connectivity index (χ2v) is 5.16. The molecule has 0 unspecified atom stereocenters. The van der Waals surface area contributed by atoms with Crippen LogP contribution in [0.1, 0.15) is 31.5 Å². The molecule has 0 spiro atoms. The highest BCUT2D eigenvalue weighted by atomic mass is 32.1. The molecule has 0 aliphatic rings. The molecule has 2 heterocycles. The quantitative estimate of drug-likeness (QED) is 0.892. The van der Waals surface area contributed by atoms with E-state index in [4.69, 9.17) is 5.11 Å². The molecule has 0 atom stereocenters. The van der Waals surface area contributed by atoms with E-state index in [1.807, 2.05) is 0 Å². The average Bonchev–Trinajstić information content (AvgIpc) is 2.74. The molecular weight excluding hydrogens is 254 g/mol. The van der Waals surface area contributed by atoms with Gasteiger partial charge in [0, 0.05) is 19.8 Å². The topological polar surface area (TPSA) is 74.9 Å². The highest BCUT2D eigenvalue weighted by molar-refractivity contribution is 7.19. The minimum Gasteiger partial charge on any atom is -0.477 e. The van der Waals surface area contributed by atoms with Crippen molar-refractivity contribution in [3.05, 3.63) is 22.0 Å². The normalized spacial score (nSPS) is 10.9. The zero-order valence-corrected chi connectivity index (χ0v) is 11.3.